The third-order valence-corrected chi connectivity index (χ3v) is 0.254. The predicted molar refractivity (Wildman–Crippen MR) is 25.1 cm³/mol. The van der Waals surface area contributed by atoms with Gasteiger partial charge in [0, 0.05) is 5.88 Å². The summed E-state index contributed by atoms with van der Waals surface area (Å²) in [5, 5.41) is 7.74. The molecule has 0 spiro atoms. The molecule has 0 bridgehead atoms. The Morgan fingerprint density at radius 3 is 1.80 bits per heavy atom. The highest BCUT2D eigenvalue weighted by Gasteiger charge is 1.60. The summed E-state index contributed by atoms with van der Waals surface area (Å²) in [5.74, 6) is 0.347. The van der Waals surface area contributed by atoms with E-state index in [0.717, 1.165) is 0 Å². The quantitative estimate of drug-likeness (QED) is 0.499. The summed E-state index contributed by atoms with van der Waals surface area (Å²) in [5.41, 5.74) is 0. The van der Waals surface area contributed by atoms with Gasteiger partial charge in [-0.15, -0.1) is 24.0 Å². The lowest BCUT2D eigenvalue weighted by Gasteiger charge is -1.67. The van der Waals surface area contributed by atoms with Gasteiger partial charge in [-0.3, -0.25) is 0 Å². The molecule has 0 fully saturated rings. The van der Waals surface area contributed by atoms with Crippen LogP contribution in [0.25, 0.3) is 0 Å². The summed E-state index contributed by atoms with van der Waals surface area (Å²) in [7, 11) is 0. The van der Waals surface area contributed by atoms with Crippen molar-refractivity contribution in [2.75, 3.05) is 12.5 Å². The molecular formula is C2H6Cl2O. The van der Waals surface area contributed by atoms with Crippen molar-refractivity contribution in [3.05, 3.63) is 0 Å². The van der Waals surface area contributed by atoms with Gasteiger partial charge in [-0.05, 0) is 0 Å². The Hall–Kier alpha value is 0.540. The normalized spacial score (nSPS) is 6.00. The fourth-order valence-electron chi connectivity index (χ4n) is 0. The average Bonchev–Trinajstić information content (AvgIpc) is 1.37. The molecule has 0 radical (unpaired) electrons. The van der Waals surface area contributed by atoms with Crippen LogP contribution in [0.5, 0.6) is 0 Å². The number of rotatable bonds is 1. The van der Waals surface area contributed by atoms with Gasteiger partial charge in [-0.1, -0.05) is 0 Å². The third-order valence-electron chi connectivity index (χ3n) is 0.0845. The van der Waals surface area contributed by atoms with Gasteiger partial charge in [-0.2, -0.15) is 0 Å². The molecule has 0 aromatic rings. The Kier molecular flexibility index (Phi) is 16.1. The monoisotopic (exact) mass is 116 g/mol. The maximum Gasteiger partial charge on any atom is 0.0566 e. The molecule has 0 aromatic carbocycles. The lowest BCUT2D eigenvalue weighted by atomic mass is 10.9. The molecule has 0 aliphatic carbocycles. The maximum absolute atomic E-state index is 7.74. The van der Waals surface area contributed by atoms with Gasteiger partial charge in [0.2, 0.25) is 0 Å². The fraction of sp³-hybridized carbons (Fsp3) is 1.00. The zero-order valence-corrected chi connectivity index (χ0v) is 4.22. The van der Waals surface area contributed by atoms with E-state index in [1.54, 1.807) is 0 Å². The highest BCUT2D eigenvalue weighted by atomic mass is 35.5. The van der Waals surface area contributed by atoms with Gasteiger partial charge < -0.3 is 5.11 Å². The standard InChI is InChI=1S/C2H5ClO.ClH/c3-1-2-4;/h4H,1-2H2;1H. The smallest absolute Gasteiger partial charge is 0.0566 e. The van der Waals surface area contributed by atoms with Crippen molar-refractivity contribution in [2.24, 2.45) is 0 Å². The highest BCUT2D eigenvalue weighted by Crippen LogP contribution is 1.63. The van der Waals surface area contributed by atoms with E-state index in [2.05, 4.69) is 0 Å². The molecule has 5 heavy (non-hydrogen) atoms. The fourth-order valence-corrected chi connectivity index (χ4v) is 0. The predicted octanol–water partition coefficient (Wildman–Crippen LogP) is 0.639. The molecule has 0 rings (SSSR count). The van der Waals surface area contributed by atoms with E-state index in [4.69, 9.17) is 16.7 Å². The summed E-state index contributed by atoms with van der Waals surface area (Å²) in [4.78, 5) is 0. The van der Waals surface area contributed by atoms with Crippen molar-refractivity contribution in [3.63, 3.8) is 0 Å². The van der Waals surface area contributed by atoms with Crippen molar-refractivity contribution in [2.45, 2.75) is 0 Å². The SMILES string of the molecule is Cl.OCCCl. The molecule has 0 heterocycles. The molecule has 0 aliphatic heterocycles. The zero-order valence-electron chi connectivity index (χ0n) is 2.65. The van der Waals surface area contributed by atoms with Gasteiger partial charge in [0.1, 0.15) is 0 Å². The lowest BCUT2D eigenvalue weighted by molar-refractivity contribution is 0.321. The Morgan fingerprint density at radius 2 is 1.80 bits per heavy atom. The Balaban J connectivity index is 0. The zero-order chi connectivity index (χ0) is 3.41. The second-order valence-electron chi connectivity index (χ2n) is 0.413. The summed E-state index contributed by atoms with van der Waals surface area (Å²) < 4.78 is 0. The van der Waals surface area contributed by atoms with Crippen LogP contribution in [0.15, 0.2) is 0 Å². The molecule has 0 unspecified atom stereocenters. The van der Waals surface area contributed by atoms with Crippen molar-refractivity contribution in [1.82, 2.24) is 0 Å². The number of aliphatic hydroxyl groups excluding tert-OH is 1. The molecule has 0 aromatic heterocycles. The van der Waals surface area contributed by atoms with Crippen LogP contribution in [0.4, 0.5) is 0 Å². The summed E-state index contributed by atoms with van der Waals surface area (Å²) in [6, 6.07) is 0. The van der Waals surface area contributed by atoms with Crippen LogP contribution >= 0.6 is 24.0 Å². The molecular weight excluding hydrogens is 111 g/mol. The van der Waals surface area contributed by atoms with Gasteiger partial charge >= 0.3 is 0 Å². The minimum absolute atomic E-state index is 0. The average molecular weight is 117 g/mol. The molecule has 1 nitrogen and oxygen atoms in total. The number of alkyl halides is 1. The molecule has 3 heteroatoms. The first-order valence-electron chi connectivity index (χ1n) is 1.08. The van der Waals surface area contributed by atoms with Crippen LogP contribution in [0.3, 0.4) is 0 Å². The van der Waals surface area contributed by atoms with E-state index in [1.807, 2.05) is 0 Å². The molecule has 0 saturated carbocycles. The van der Waals surface area contributed by atoms with Crippen molar-refractivity contribution >= 4 is 24.0 Å². The second-order valence-corrected chi connectivity index (χ2v) is 0.791. The van der Waals surface area contributed by atoms with E-state index >= 15 is 0 Å². The van der Waals surface area contributed by atoms with Crippen molar-refractivity contribution in [3.8, 4) is 0 Å². The van der Waals surface area contributed by atoms with Gasteiger partial charge in [0.05, 0.1) is 6.61 Å². The van der Waals surface area contributed by atoms with E-state index in [0.29, 0.717) is 5.88 Å². The first kappa shape index (κ1) is 9.11. The first-order chi connectivity index (χ1) is 1.91. The third kappa shape index (κ3) is 12.4. The van der Waals surface area contributed by atoms with Crippen LogP contribution in [0.1, 0.15) is 0 Å². The van der Waals surface area contributed by atoms with Crippen LogP contribution in [0.2, 0.25) is 0 Å². The molecule has 1 N–H and O–H groups in total. The molecule has 0 aliphatic rings. The largest absolute Gasteiger partial charge is 0.395 e. The van der Waals surface area contributed by atoms with E-state index in [9.17, 15) is 0 Å². The highest BCUT2D eigenvalue weighted by molar-refractivity contribution is 6.17. The van der Waals surface area contributed by atoms with Gasteiger partial charge in [0.15, 0.2) is 0 Å². The minimum atomic E-state index is 0. The lowest BCUT2D eigenvalue weighted by Crippen LogP contribution is -1.76. The minimum Gasteiger partial charge on any atom is -0.395 e. The first-order valence-corrected chi connectivity index (χ1v) is 1.62. The summed E-state index contributed by atoms with van der Waals surface area (Å²) in [6.07, 6.45) is 0. The summed E-state index contributed by atoms with van der Waals surface area (Å²) >= 11 is 4.94. The van der Waals surface area contributed by atoms with Crippen LogP contribution in [-0.2, 0) is 0 Å². The Morgan fingerprint density at radius 1 is 1.60 bits per heavy atom. The molecule has 0 atom stereocenters. The van der Waals surface area contributed by atoms with Crippen molar-refractivity contribution in [1.29, 1.82) is 0 Å². The van der Waals surface area contributed by atoms with E-state index in [1.165, 1.54) is 0 Å². The van der Waals surface area contributed by atoms with Gasteiger partial charge in [0.25, 0.3) is 0 Å². The number of hydrogen-bond acceptors (Lipinski definition) is 1. The summed E-state index contributed by atoms with van der Waals surface area (Å²) in [6.45, 7) is 0.0849. The second kappa shape index (κ2) is 8.82. The van der Waals surface area contributed by atoms with Crippen molar-refractivity contribution < 1.29 is 5.11 Å². The Labute approximate surface area is 42.4 Å². The molecule has 0 saturated heterocycles. The van der Waals surface area contributed by atoms with Crippen LogP contribution in [0, 0.1) is 0 Å². The maximum atomic E-state index is 7.74. The van der Waals surface area contributed by atoms with E-state index in [-0.39, 0.29) is 19.0 Å². The molecule has 0 amide bonds. The topological polar surface area (TPSA) is 20.2 Å². The molecule has 34 valence electrons. The number of aliphatic hydroxyl groups is 1. The Bertz CT molecular complexity index is 9.61. The van der Waals surface area contributed by atoms with E-state index < -0.39 is 0 Å². The van der Waals surface area contributed by atoms with Gasteiger partial charge in [-0.25, -0.2) is 0 Å². The number of hydrogen-bond donors (Lipinski definition) is 1. The van der Waals surface area contributed by atoms with Crippen LogP contribution in [-0.4, -0.2) is 17.6 Å². The number of halogens is 2. The van der Waals surface area contributed by atoms with Crippen LogP contribution < -0.4 is 0 Å².